The second kappa shape index (κ2) is 7.30. The van der Waals surface area contributed by atoms with Crippen LogP contribution in [0.1, 0.15) is 78.6 Å². The van der Waals surface area contributed by atoms with Crippen molar-refractivity contribution >= 4 is 0 Å². The maximum absolute atomic E-state index is 2.45. The van der Waals surface area contributed by atoms with Crippen LogP contribution in [0.3, 0.4) is 0 Å². The normalized spacial score (nSPS) is 36.6. The van der Waals surface area contributed by atoms with Crippen LogP contribution in [0.2, 0.25) is 0 Å². The van der Waals surface area contributed by atoms with Crippen molar-refractivity contribution in [2.24, 2.45) is 17.8 Å². The minimum atomic E-state index is 0.971. The van der Waals surface area contributed by atoms with E-state index in [9.17, 15) is 0 Å². The quantitative estimate of drug-likeness (QED) is 0.501. The molecule has 0 aliphatic heterocycles. The first-order chi connectivity index (χ1) is 7.18. The van der Waals surface area contributed by atoms with Gasteiger partial charge >= 0.3 is 0 Å². The summed E-state index contributed by atoms with van der Waals surface area (Å²) in [5, 5.41) is 0. The van der Waals surface area contributed by atoms with E-state index in [1.165, 1.54) is 57.8 Å². The summed E-state index contributed by atoms with van der Waals surface area (Å²) in [6.07, 6.45) is 13.2. The van der Waals surface area contributed by atoms with Gasteiger partial charge < -0.3 is 0 Å². The fraction of sp³-hybridized carbons (Fsp3) is 1.00. The zero-order chi connectivity index (χ0) is 11.1. The zero-order valence-electron chi connectivity index (χ0n) is 11.1. The molecule has 15 heavy (non-hydrogen) atoms. The Labute approximate surface area is 96.8 Å². The molecule has 0 heteroatoms. The Balaban J connectivity index is 2.30. The van der Waals surface area contributed by atoms with Crippen LogP contribution in [-0.4, -0.2) is 0 Å². The van der Waals surface area contributed by atoms with E-state index in [4.69, 9.17) is 0 Å². The predicted octanol–water partition coefficient (Wildman–Crippen LogP) is 5.42. The molecule has 1 saturated carbocycles. The molecule has 1 aliphatic rings. The van der Waals surface area contributed by atoms with E-state index in [1.807, 2.05) is 0 Å². The van der Waals surface area contributed by atoms with Gasteiger partial charge in [-0.05, 0) is 17.8 Å². The first-order valence-corrected chi connectivity index (χ1v) is 7.18. The molecule has 3 atom stereocenters. The van der Waals surface area contributed by atoms with Gasteiger partial charge in [0.05, 0.1) is 0 Å². The minimum Gasteiger partial charge on any atom is -0.0625 e. The molecule has 90 valence electrons. The van der Waals surface area contributed by atoms with Gasteiger partial charge in [-0.3, -0.25) is 0 Å². The molecule has 1 rings (SSSR count). The lowest BCUT2D eigenvalue weighted by molar-refractivity contribution is 0.343. The van der Waals surface area contributed by atoms with Crippen molar-refractivity contribution < 1.29 is 0 Å². The number of rotatable bonds is 0. The van der Waals surface area contributed by atoms with Gasteiger partial charge in [-0.1, -0.05) is 78.6 Å². The van der Waals surface area contributed by atoms with Crippen LogP contribution in [0.25, 0.3) is 0 Å². The molecular weight excluding hydrogens is 180 g/mol. The molecule has 0 bridgehead atoms. The molecule has 0 amide bonds. The van der Waals surface area contributed by atoms with Crippen molar-refractivity contribution in [3.05, 3.63) is 0 Å². The minimum absolute atomic E-state index is 0.971. The van der Waals surface area contributed by atoms with E-state index < -0.39 is 0 Å². The van der Waals surface area contributed by atoms with Crippen LogP contribution in [0.4, 0.5) is 0 Å². The molecule has 1 aliphatic carbocycles. The third-order valence-corrected chi connectivity index (χ3v) is 4.19. The Hall–Kier alpha value is 0. The van der Waals surface area contributed by atoms with Gasteiger partial charge in [0.1, 0.15) is 0 Å². The van der Waals surface area contributed by atoms with Crippen molar-refractivity contribution in [1.29, 1.82) is 0 Å². The Kier molecular flexibility index (Phi) is 6.36. The van der Waals surface area contributed by atoms with Gasteiger partial charge in [-0.15, -0.1) is 0 Å². The molecule has 0 nitrogen and oxygen atoms in total. The maximum Gasteiger partial charge on any atom is -0.0443 e. The van der Waals surface area contributed by atoms with Crippen LogP contribution in [-0.2, 0) is 0 Å². The zero-order valence-corrected chi connectivity index (χ0v) is 11.1. The molecule has 0 heterocycles. The van der Waals surface area contributed by atoms with Gasteiger partial charge in [0, 0.05) is 0 Å². The average Bonchev–Trinajstić information content (AvgIpc) is 2.20. The molecule has 0 aromatic heterocycles. The largest absolute Gasteiger partial charge is 0.0625 e. The van der Waals surface area contributed by atoms with Gasteiger partial charge in [-0.25, -0.2) is 0 Å². The van der Waals surface area contributed by atoms with E-state index in [0.717, 1.165) is 17.8 Å². The summed E-state index contributed by atoms with van der Waals surface area (Å²) in [5.41, 5.74) is 0. The summed E-state index contributed by atoms with van der Waals surface area (Å²) in [5.74, 6) is 2.92. The highest BCUT2D eigenvalue weighted by Crippen LogP contribution is 2.25. The molecule has 0 saturated heterocycles. The SMILES string of the molecule is CC1CCCCC(C)CCC(C)CCC1. The summed E-state index contributed by atoms with van der Waals surface area (Å²) in [4.78, 5) is 0. The maximum atomic E-state index is 2.45. The van der Waals surface area contributed by atoms with Crippen LogP contribution in [0.5, 0.6) is 0 Å². The average molecular weight is 210 g/mol. The molecule has 0 radical (unpaired) electrons. The first-order valence-electron chi connectivity index (χ1n) is 7.18. The summed E-state index contributed by atoms with van der Waals surface area (Å²) in [7, 11) is 0. The highest BCUT2D eigenvalue weighted by molar-refractivity contribution is 4.63. The summed E-state index contributed by atoms with van der Waals surface area (Å²) in [6.45, 7) is 7.34. The number of hydrogen-bond donors (Lipinski definition) is 0. The van der Waals surface area contributed by atoms with E-state index >= 15 is 0 Å². The molecule has 3 unspecified atom stereocenters. The standard InChI is InChI=1S/C15H30/c1-13-7-4-5-8-14(2)11-12-15(3)10-6-9-13/h13-15H,4-12H2,1-3H3. The Morgan fingerprint density at radius 1 is 0.467 bits per heavy atom. The lowest BCUT2D eigenvalue weighted by atomic mass is 9.87. The molecular formula is C15H30. The van der Waals surface area contributed by atoms with Gasteiger partial charge in [0.15, 0.2) is 0 Å². The number of hydrogen-bond acceptors (Lipinski definition) is 0. The Morgan fingerprint density at radius 3 is 1.27 bits per heavy atom. The Bertz CT molecular complexity index is 150. The Morgan fingerprint density at radius 2 is 0.800 bits per heavy atom. The van der Waals surface area contributed by atoms with Gasteiger partial charge in [0.25, 0.3) is 0 Å². The van der Waals surface area contributed by atoms with E-state index in [-0.39, 0.29) is 0 Å². The fourth-order valence-electron chi connectivity index (χ4n) is 2.80. The topological polar surface area (TPSA) is 0 Å². The third kappa shape index (κ3) is 6.22. The molecule has 0 N–H and O–H groups in total. The lowest BCUT2D eigenvalue weighted by Crippen LogP contribution is -2.04. The van der Waals surface area contributed by atoms with E-state index in [0.29, 0.717) is 0 Å². The highest BCUT2D eigenvalue weighted by Gasteiger charge is 2.10. The summed E-state index contributed by atoms with van der Waals surface area (Å²) in [6, 6.07) is 0. The second-order valence-corrected chi connectivity index (χ2v) is 6.11. The highest BCUT2D eigenvalue weighted by atomic mass is 14.2. The van der Waals surface area contributed by atoms with Gasteiger partial charge in [0.2, 0.25) is 0 Å². The summed E-state index contributed by atoms with van der Waals surface area (Å²) < 4.78 is 0. The molecule has 1 fully saturated rings. The van der Waals surface area contributed by atoms with Crippen molar-refractivity contribution in [2.45, 2.75) is 78.6 Å². The van der Waals surface area contributed by atoms with Crippen molar-refractivity contribution in [3.63, 3.8) is 0 Å². The fourth-order valence-corrected chi connectivity index (χ4v) is 2.80. The predicted molar refractivity (Wildman–Crippen MR) is 69.0 cm³/mol. The van der Waals surface area contributed by atoms with Crippen LogP contribution in [0.15, 0.2) is 0 Å². The van der Waals surface area contributed by atoms with Crippen LogP contribution < -0.4 is 0 Å². The van der Waals surface area contributed by atoms with Crippen LogP contribution in [0, 0.1) is 17.8 Å². The first kappa shape index (κ1) is 13.1. The molecule has 0 aromatic carbocycles. The van der Waals surface area contributed by atoms with Crippen molar-refractivity contribution in [2.75, 3.05) is 0 Å². The molecule has 0 spiro atoms. The van der Waals surface area contributed by atoms with Crippen LogP contribution >= 0.6 is 0 Å². The van der Waals surface area contributed by atoms with E-state index in [2.05, 4.69) is 20.8 Å². The van der Waals surface area contributed by atoms with Crippen molar-refractivity contribution in [1.82, 2.24) is 0 Å². The van der Waals surface area contributed by atoms with Crippen molar-refractivity contribution in [3.8, 4) is 0 Å². The lowest BCUT2D eigenvalue weighted by Gasteiger charge is -2.19. The smallest absolute Gasteiger partial charge is 0.0443 e. The van der Waals surface area contributed by atoms with Gasteiger partial charge in [-0.2, -0.15) is 0 Å². The summed E-state index contributed by atoms with van der Waals surface area (Å²) >= 11 is 0. The monoisotopic (exact) mass is 210 g/mol. The third-order valence-electron chi connectivity index (χ3n) is 4.19. The second-order valence-electron chi connectivity index (χ2n) is 6.11. The van der Waals surface area contributed by atoms with E-state index in [1.54, 1.807) is 0 Å². The molecule has 0 aromatic rings.